The second-order valence-electron chi connectivity index (χ2n) is 11.3. The first-order valence-electron chi connectivity index (χ1n) is 14.5. The average molecular weight is 718 g/mol. The van der Waals surface area contributed by atoms with Crippen molar-refractivity contribution in [3.63, 3.8) is 0 Å². The van der Waals surface area contributed by atoms with Crippen molar-refractivity contribution in [1.82, 2.24) is 5.32 Å². The molecule has 0 spiro atoms. The van der Waals surface area contributed by atoms with Crippen LogP contribution in [-0.4, -0.2) is 176 Å². The third kappa shape index (κ3) is 10.9. The molecule has 22 heteroatoms. The summed E-state index contributed by atoms with van der Waals surface area (Å²) in [6.45, 7) is -0.131. The number of rotatable bonds is 14. The molecule has 3 saturated heterocycles. The van der Waals surface area contributed by atoms with Gasteiger partial charge in [-0.05, 0) is 13.3 Å². The molecule has 0 radical (unpaired) electrons. The molecule has 0 unspecified atom stereocenters. The number of nitrogens with one attached hydrogen (secondary N) is 1. The summed E-state index contributed by atoms with van der Waals surface area (Å²) in [7, 11) is 0. The summed E-state index contributed by atoms with van der Waals surface area (Å²) in [5.74, 6) is -7.51. The number of ether oxygens (including phenoxy) is 6. The summed E-state index contributed by atoms with van der Waals surface area (Å²) in [6.07, 6.45) is -23.5. The molecule has 9 N–H and O–H groups in total. The van der Waals surface area contributed by atoms with Gasteiger partial charge >= 0.3 is 59.1 Å². The van der Waals surface area contributed by atoms with Gasteiger partial charge in [-0.25, -0.2) is 0 Å². The van der Waals surface area contributed by atoms with E-state index in [1.165, 1.54) is 6.92 Å². The maximum atomic E-state index is 12.5. The van der Waals surface area contributed by atoms with Gasteiger partial charge in [0.05, 0.1) is 50.1 Å². The van der Waals surface area contributed by atoms with E-state index in [2.05, 4.69) is 5.32 Å². The predicted molar refractivity (Wildman–Crippen MR) is 138 cm³/mol. The fourth-order valence-corrected chi connectivity index (χ4v) is 5.38. The number of carbonyl (C=O) groups is 3. The van der Waals surface area contributed by atoms with Crippen LogP contribution in [0.1, 0.15) is 26.7 Å². The Morgan fingerprint density at radius 1 is 1.02 bits per heavy atom. The first-order valence-corrected chi connectivity index (χ1v) is 14.5. The molecule has 266 valence electrons. The zero-order valence-corrected chi connectivity index (χ0v) is 30.9. The first-order chi connectivity index (χ1) is 21.6. The van der Waals surface area contributed by atoms with Crippen molar-refractivity contribution in [3.05, 3.63) is 0 Å². The molecule has 3 rings (SSSR count). The van der Waals surface area contributed by atoms with Crippen LogP contribution in [0.15, 0.2) is 0 Å². The Morgan fingerprint density at radius 3 is 2.21 bits per heavy atom. The molecule has 0 saturated carbocycles. The molecule has 0 aliphatic carbocycles. The van der Waals surface area contributed by atoms with E-state index in [1.807, 2.05) is 0 Å². The summed E-state index contributed by atoms with van der Waals surface area (Å²) in [5, 5.41) is 109. The van der Waals surface area contributed by atoms with Crippen LogP contribution < -0.4 is 74.6 Å². The zero-order chi connectivity index (χ0) is 34.5. The summed E-state index contributed by atoms with van der Waals surface area (Å²) < 4.78 is 32.8. The van der Waals surface area contributed by atoms with Crippen molar-refractivity contribution in [2.75, 3.05) is 26.4 Å². The van der Waals surface area contributed by atoms with Gasteiger partial charge in [0.1, 0.15) is 60.9 Å². The van der Waals surface area contributed by atoms with Crippen molar-refractivity contribution >= 4 is 17.8 Å². The van der Waals surface area contributed by atoms with Gasteiger partial charge in [-0.1, -0.05) is 0 Å². The minimum Gasteiger partial charge on any atom is -0.547 e. The topological polar surface area (TPSA) is 327 Å². The fraction of sp³-hybridized carbons (Fsp3) is 0.885. The maximum absolute atomic E-state index is 12.5. The third-order valence-electron chi connectivity index (χ3n) is 7.97. The van der Waals surface area contributed by atoms with Gasteiger partial charge in [0, 0.05) is 20.0 Å². The molecular weight excluding hydrogens is 676 g/mol. The Hall–Kier alpha value is -0.150. The Morgan fingerprint density at radius 2 is 1.67 bits per heavy atom. The zero-order valence-electron chi connectivity index (χ0n) is 26.9. The van der Waals surface area contributed by atoms with E-state index in [4.69, 9.17) is 28.4 Å². The van der Waals surface area contributed by atoms with Crippen LogP contribution in [0.2, 0.25) is 0 Å². The van der Waals surface area contributed by atoms with Crippen LogP contribution in [0.25, 0.3) is 0 Å². The number of aliphatic carboxylic acids is 2. The number of aliphatic hydroxyl groups is 8. The Balaban J connectivity index is 0.00000576. The van der Waals surface area contributed by atoms with Crippen LogP contribution in [-0.2, 0) is 42.8 Å². The van der Waals surface area contributed by atoms with Gasteiger partial charge in [0.2, 0.25) is 11.7 Å². The molecule has 0 aromatic carbocycles. The van der Waals surface area contributed by atoms with E-state index in [0.717, 1.165) is 6.92 Å². The second-order valence-corrected chi connectivity index (χ2v) is 11.3. The minimum atomic E-state index is -3.08. The van der Waals surface area contributed by atoms with Gasteiger partial charge in [-0.3, -0.25) is 4.79 Å². The number of amides is 1. The molecule has 1 amide bonds. The molecular formula is C26H41NNa2O19. The number of carboxylic acid groups (broad SMARTS) is 2. The van der Waals surface area contributed by atoms with Crippen LogP contribution in [0.3, 0.4) is 0 Å². The van der Waals surface area contributed by atoms with Crippen LogP contribution in [0.4, 0.5) is 0 Å². The fourth-order valence-electron chi connectivity index (χ4n) is 5.38. The molecule has 3 aliphatic rings. The first kappa shape index (κ1) is 45.9. The molecule has 3 heterocycles. The number of hydrogen-bond acceptors (Lipinski definition) is 19. The molecule has 0 bridgehead atoms. The number of carbonyl (C=O) groups excluding carboxylic acids is 3. The molecule has 0 aromatic heterocycles. The summed E-state index contributed by atoms with van der Waals surface area (Å²) in [6, 6.07) is -1.54. The standard InChI is InChI=1S/C26H43NO19.2Na/c1-9(23(37)38)42-8-15-18(34)13(3-4-41-15)43-24-20(36)22(19(35)14(7-29)44-24)46-26(25(39)40)5-11(31)16(27-10(2)30)21(45-26)17(33)12(32)6-28;;/h9,11-22,24,28-29,31-36H,3-8H2,1-2H3,(H,27,30)(H,37,38)(H,39,40);;/q;2*+1/p-2/t9-,11-,12+,13+,14+,15+,16+,17+,18+,19-,20+,21+,22-,24+,26-;;/m0../s1. The van der Waals surface area contributed by atoms with Gasteiger partial charge in [0.25, 0.3) is 0 Å². The van der Waals surface area contributed by atoms with Crippen LogP contribution in [0.5, 0.6) is 0 Å². The number of carboxylic acids is 2. The SMILES string of the molecule is CC(=O)N[C@H]1[C@H]([C@H](O)[C@H](O)CO)O[C@@](O[C@H]2[C@@H](O)[C@@H](CO)O[C@@H](O[C@@H]3CCO[C@H](CO[C@@H](C)C(=O)[O-])[C@@H]3O)[C@@H]2O)(C(=O)[O-])C[C@@H]1O.[Na+].[Na+]. The molecule has 3 fully saturated rings. The minimum absolute atomic E-state index is 0. The number of hydrogen-bond donors (Lipinski definition) is 9. The molecule has 0 aromatic rings. The van der Waals surface area contributed by atoms with Crippen molar-refractivity contribution in [2.45, 2.75) is 118 Å². The molecule has 20 nitrogen and oxygen atoms in total. The largest absolute Gasteiger partial charge is 1.00 e. The van der Waals surface area contributed by atoms with E-state index in [9.17, 15) is 65.4 Å². The monoisotopic (exact) mass is 717 g/mol. The smallest absolute Gasteiger partial charge is 0.547 e. The van der Waals surface area contributed by atoms with E-state index < -0.39 is 129 Å². The second kappa shape index (κ2) is 20.2. The van der Waals surface area contributed by atoms with Crippen LogP contribution in [0, 0.1) is 0 Å². The Bertz CT molecular complexity index is 1050. The van der Waals surface area contributed by atoms with Gasteiger partial charge in [0.15, 0.2) is 6.29 Å². The average Bonchev–Trinajstić information content (AvgIpc) is 3.00. The number of aliphatic hydroxyl groups excluding tert-OH is 8. The Labute approximate surface area is 318 Å². The van der Waals surface area contributed by atoms with Crippen LogP contribution >= 0.6 is 0 Å². The third-order valence-corrected chi connectivity index (χ3v) is 7.97. The van der Waals surface area contributed by atoms with Crippen molar-refractivity contribution < 1.29 is 153 Å². The van der Waals surface area contributed by atoms with E-state index >= 15 is 0 Å². The van der Waals surface area contributed by atoms with Gasteiger partial charge in [-0.15, -0.1) is 0 Å². The summed E-state index contributed by atoms with van der Waals surface area (Å²) in [4.78, 5) is 35.2. The normalized spacial score (nSPS) is 38.8. The molecule has 15 atom stereocenters. The quantitative estimate of drug-likeness (QED) is 0.0753. The molecule has 48 heavy (non-hydrogen) atoms. The van der Waals surface area contributed by atoms with E-state index in [1.54, 1.807) is 0 Å². The molecule has 3 aliphatic heterocycles. The van der Waals surface area contributed by atoms with Crippen molar-refractivity contribution in [2.24, 2.45) is 0 Å². The summed E-state index contributed by atoms with van der Waals surface area (Å²) >= 11 is 0. The maximum Gasteiger partial charge on any atom is 1.00 e. The summed E-state index contributed by atoms with van der Waals surface area (Å²) in [5.41, 5.74) is 0. The van der Waals surface area contributed by atoms with Crippen molar-refractivity contribution in [3.8, 4) is 0 Å². The van der Waals surface area contributed by atoms with Gasteiger partial charge < -0.3 is 94.4 Å². The Kier molecular flexibility index (Phi) is 19.3. The van der Waals surface area contributed by atoms with Crippen molar-refractivity contribution in [1.29, 1.82) is 0 Å². The van der Waals surface area contributed by atoms with E-state index in [-0.39, 0.29) is 78.7 Å². The van der Waals surface area contributed by atoms with E-state index in [0.29, 0.717) is 0 Å². The van der Waals surface area contributed by atoms with Gasteiger partial charge in [-0.2, -0.15) is 0 Å². The predicted octanol–water partition coefficient (Wildman–Crippen LogP) is -14.7.